The third-order valence-electron chi connectivity index (χ3n) is 3.11. The first kappa shape index (κ1) is 15.8. The van der Waals surface area contributed by atoms with Gasteiger partial charge in [-0.1, -0.05) is 12.1 Å². The summed E-state index contributed by atoms with van der Waals surface area (Å²) in [7, 11) is 1.78. The molecule has 0 aliphatic rings. The van der Waals surface area contributed by atoms with E-state index in [0.717, 1.165) is 5.69 Å². The number of rotatable bonds is 6. The minimum Gasteiger partial charge on any atom is -0.492 e. The van der Waals surface area contributed by atoms with Crippen LogP contribution in [0.4, 0.5) is 15.8 Å². The Morgan fingerprint density at radius 3 is 2.55 bits per heavy atom. The lowest BCUT2D eigenvalue weighted by molar-refractivity contribution is -0.114. The number of nitrogens with one attached hydrogen (secondary N) is 1. The first-order chi connectivity index (χ1) is 10.6. The zero-order valence-electron chi connectivity index (χ0n) is 12.7. The van der Waals surface area contributed by atoms with Crippen LogP contribution in [0.5, 0.6) is 5.75 Å². The molecular formula is C17H19FN2O2. The van der Waals surface area contributed by atoms with Crippen molar-refractivity contribution in [3.05, 3.63) is 54.3 Å². The maximum absolute atomic E-state index is 12.9. The summed E-state index contributed by atoms with van der Waals surface area (Å²) >= 11 is 0. The highest BCUT2D eigenvalue weighted by molar-refractivity contribution is 5.95. The van der Waals surface area contributed by atoms with Crippen LogP contribution in [-0.2, 0) is 4.79 Å². The van der Waals surface area contributed by atoms with Crippen LogP contribution in [0.2, 0.25) is 0 Å². The molecule has 1 amide bonds. The summed E-state index contributed by atoms with van der Waals surface area (Å²) in [6.45, 7) is 2.58. The normalized spacial score (nSPS) is 10.1. The third-order valence-corrected chi connectivity index (χ3v) is 3.11. The molecule has 0 aliphatic carbocycles. The van der Waals surface area contributed by atoms with E-state index in [0.29, 0.717) is 18.0 Å². The molecule has 2 rings (SSSR count). The number of ether oxygens (including phenoxy) is 1. The lowest BCUT2D eigenvalue weighted by Gasteiger charge is -2.19. The quantitative estimate of drug-likeness (QED) is 0.890. The molecule has 0 aromatic heterocycles. The van der Waals surface area contributed by atoms with Gasteiger partial charge in [-0.25, -0.2) is 4.39 Å². The molecule has 0 radical (unpaired) electrons. The molecule has 0 atom stereocenters. The fourth-order valence-corrected chi connectivity index (χ4v) is 2.04. The highest BCUT2D eigenvalue weighted by atomic mass is 19.1. The Morgan fingerprint density at radius 1 is 1.18 bits per heavy atom. The van der Waals surface area contributed by atoms with Crippen LogP contribution in [0, 0.1) is 5.82 Å². The smallest absolute Gasteiger partial charge is 0.243 e. The number of hydrogen-bond acceptors (Lipinski definition) is 3. The second-order valence-electron chi connectivity index (χ2n) is 4.81. The monoisotopic (exact) mass is 302 g/mol. The average molecular weight is 302 g/mol. The van der Waals surface area contributed by atoms with Gasteiger partial charge in [-0.15, -0.1) is 0 Å². The van der Waals surface area contributed by atoms with Crippen molar-refractivity contribution >= 4 is 17.3 Å². The largest absolute Gasteiger partial charge is 0.492 e. The SMILES string of the molecule is CCOc1ccccc1NC(=O)CN(C)c1ccc(F)cc1. The van der Waals surface area contributed by atoms with E-state index < -0.39 is 0 Å². The van der Waals surface area contributed by atoms with Gasteiger partial charge in [-0.05, 0) is 43.3 Å². The Morgan fingerprint density at radius 2 is 1.86 bits per heavy atom. The summed E-state index contributed by atoms with van der Waals surface area (Å²) in [5.41, 5.74) is 1.41. The van der Waals surface area contributed by atoms with Crippen LogP contribution < -0.4 is 15.0 Å². The third kappa shape index (κ3) is 4.22. The van der Waals surface area contributed by atoms with Gasteiger partial charge in [0.15, 0.2) is 0 Å². The van der Waals surface area contributed by atoms with Crippen molar-refractivity contribution in [2.75, 3.05) is 30.4 Å². The van der Waals surface area contributed by atoms with E-state index in [1.807, 2.05) is 25.1 Å². The zero-order chi connectivity index (χ0) is 15.9. The first-order valence-electron chi connectivity index (χ1n) is 7.08. The van der Waals surface area contributed by atoms with E-state index in [-0.39, 0.29) is 18.3 Å². The van der Waals surface area contributed by atoms with E-state index in [2.05, 4.69) is 5.32 Å². The number of anilines is 2. The Hall–Kier alpha value is -2.56. The summed E-state index contributed by atoms with van der Waals surface area (Å²) in [6, 6.07) is 13.3. The second-order valence-corrected chi connectivity index (χ2v) is 4.81. The number of amides is 1. The number of halogens is 1. The summed E-state index contributed by atoms with van der Waals surface area (Å²) < 4.78 is 18.4. The van der Waals surface area contributed by atoms with E-state index in [1.54, 1.807) is 30.1 Å². The van der Waals surface area contributed by atoms with Crippen LogP contribution in [-0.4, -0.2) is 26.1 Å². The minimum atomic E-state index is -0.299. The van der Waals surface area contributed by atoms with Crippen LogP contribution in [0.15, 0.2) is 48.5 Å². The van der Waals surface area contributed by atoms with Gasteiger partial charge < -0.3 is 15.0 Å². The second kappa shape index (κ2) is 7.45. The molecule has 0 heterocycles. The molecule has 0 aliphatic heterocycles. The summed E-state index contributed by atoms with van der Waals surface area (Å²) in [4.78, 5) is 13.9. The van der Waals surface area contributed by atoms with Crippen molar-refractivity contribution in [2.45, 2.75) is 6.92 Å². The molecule has 0 bridgehead atoms. The molecule has 4 nitrogen and oxygen atoms in total. The number of nitrogens with zero attached hydrogens (tertiary/aromatic N) is 1. The molecule has 0 unspecified atom stereocenters. The number of benzene rings is 2. The van der Waals surface area contributed by atoms with Crippen molar-refractivity contribution in [2.24, 2.45) is 0 Å². The number of para-hydroxylation sites is 2. The topological polar surface area (TPSA) is 41.6 Å². The number of carbonyl (C=O) groups excluding carboxylic acids is 1. The van der Waals surface area contributed by atoms with E-state index >= 15 is 0 Å². The summed E-state index contributed by atoms with van der Waals surface area (Å²) in [6.07, 6.45) is 0. The van der Waals surface area contributed by atoms with Crippen LogP contribution in [0.1, 0.15) is 6.92 Å². The number of carbonyl (C=O) groups is 1. The fraction of sp³-hybridized carbons (Fsp3) is 0.235. The number of likely N-dealkylation sites (N-methyl/N-ethyl adjacent to an activating group) is 1. The van der Waals surface area contributed by atoms with E-state index in [1.165, 1.54) is 12.1 Å². The molecule has 22 heavy (non-hydrogen) atoms. The van der Waals surface area contributed by atoms with Crippen LogP contribution in [0.3, 0.4) is 0 Å². The predicted octanol–water partition coefficient (Wildman–Crippen LogP) is 3.30. The van der Waals surface area contributed by atoms with Crippen molar-refractivity contribution in [1.29, 1.82) is 0 Å². The predicted molar refractivity (Wildman–Crippen MR) is 85.9 cm³/mol. The minimum absolute atomic E-state index is 0.159. The molecule has 2 aromatic rings. The fourth-order valence-electron chi connectivity index (χ4n) is 2.04. The van der Waals surface area contributed by atoms with Gasteiger partial charge >= 0.3 is 0 Å². The molecule has 0 saturated carbocycles. The lowest BCUT2D eigenvalue weighted by atomic mass is 10.2. The molecular weight excluding hydrogens is 283 g/mol. The highest BCUT2D eigenvalue weighted by Gasteiger charge is 2.10. The van der Waals surface area contributed by atoms with Crippen molar-refractivity contribution in [1.82, 2.24) is 0 Å². The molecule has 0 fully saturated rings. The van der Waals surface area contributed by atoms with Gasteiger partial charge in [0.1, 0.15) is 11.6 Å². The molecule has 1 N–H and O–H groups in total. The summed E-state index contributed by atoms with van der Waals surface area (Å²) in [5.74, 6) is 0.175. The Kier molecular flexibility index (Phi) is 5.36. The molecule has 0 saturated heterocycles. The van der Waals surface area contributed by atoms with Crippen LogP contribution in [0.25, 0.3) is 0 Å². The van der Waals surface area contributed by atoms with Gasteiger partial charge in [0.25, 0.3) is 0 Å². The molecule has 116 valence electrons. The standard InChI is InChI=1S/C17H19FN2O2/c1-3-22-16-7-5-4-6-15(16)19-17(21)12-20(2)14-10-8-13(18)9-11-14/h4-11H,3,12H2,1-2H3,(H,19,21). The molecule has 5 heteroatoms. The van der Waals surface area contributed by atoms with Gasteiger partial charge in [0.05, 0.1) is 18.8 Å². The van der Waals surface area contributed by atoms with Crippen molar-refractivity contribution in [3.8, 4) is 5.75 Å². The zero-order valence-corrected chi connectivity index (χ0v) is 12.7. The highest BCUT2D eigenvalue weighted by Crippen LogP contribution is 2.23. The Labute approximate surface area is 129 Å². The van der Waals surface area contributed by atoms with E-state index in [4.69, 9.17) is 4.74 Å². The molecule has 2 aromatic carbocycles. The number of hydrogen-bond donors (Lipinski definition) is 1. The van der Waals surface area contributed by atoms with E-state index in [9.17, 15) is 9.18 Å². The van der Waals surface area contributed by atoms with Crippen molar-refractivity contribution in [3.63, 3.8) is 0 Å². The van der Waals surface area contributed by atoms with Gasteiger partial charge in [-0.2, -0.15) is 0 Å². The lowest BCUT2D eigenvalue weighted by Crippen LogP contribution is -2.30. The van der Waals surface area contributed by atoms with Gasteiger partial charge in [0.2, 0.25) is 5.91 Å². The van der Waals surface area contributed by atoms with Gasteiger partial charge in [0, 0.05) is 12.7 Å². The summed E-state index contributed by atoms with van der Waals surface area (Å²) in [5, 5.41) is 2.83. The molecule has 0 spiro atoms. The maximum atomic E-state index is 12.9. The Bertz CT molecular complexity index is 629. The first-order valence-corrected chi connectivity index (χ1v) is 7.08. The average Bonchev–Trinajstić information content (AvgIpc) is 2.50. The maximum Gasteiger partial charge on any atom is 0.243 e. The van der Waals surface area contributed by atoms with Crippen molar-refractivity contribution < 1.29 is 13.9 Å². The van der Waals surface area contributed by atoms with Crippen LogP contribution >= 0.6 is 0 Å². The van der Waals surface area contributed by atoms with Gasteiger partial charge in [-0.3, -0.25) is 4.79 Å². The Balaban J connectivity index is 1.99.